The molecule has 2 aromatic carbocycles. The average Bonchev–Trinajstić information content (AvgIpc) is 2.55. The molecular weight excluding hydrogens is 364 g/mol. The third-order valence-electron chi connectivity index (χ3n) is 3.46. The quantitative estimate of drug-likeness (QED) is 0.770. The van der Waals surface area contributed by atoms with Crippen molar-refractivity contribution in [2.75, 3.05) is 18.8 Å². The minimum Gasteiger partial charge on any atom is -0.295 e. The molecule has 9 heteroatoms. The number of Topliss-reactive ketones (excluding diaryl/α,β-unsaturated/α-hetero) is 1. The van der Waals surface area contributed by atoms with Gasteiger partial charge < -0.3 is 0 Å². The van der Waals surface area contributed by atoms with E-state index in [4.69, 9.17) is 0 Å². The molecule has 0 aliphatic carbocycles. The number of carbonyl (C=O) groups is 1. The van der Waals surface area contributed by atoms with Crippen LogP contribution >= 0.6 is 0 Å². The van der Waals surface area contributed by atoms with E-state index in [2.05, 4.69) is 4.72 Å². The first-order valence-corrected chi connectivity index (χ1v) is 10.1. The van der Waals surface area contributed by atoms with Crippen molar-refractivity contribution in [1.29, 1.82) is 0 Å². The van der Waals surface area contributed by atoms with Gasteiger partial charge in [0.2, 0.25) is 10.0 Å². The van der Waals surface area contributed by atoms with Crippen LogP contribution in [0.5, 0.6) is 0 Å². The van der Waals surface area contributed by atoms with Crippen LogP contribution in [-0.2, 0) is 20.0 Å². The van der Waals surface area contributed by atoms with Gasteiger partial charge in [-0.25, -0.2) is 21.1 Å². The smallest absolute Gasteiger partial charge is 0.261 e. The minimum atomic E-state index is -3.84. The molecule has 25 heavy (non-hydrogen) atoms. The summed E-state index contributed by atoms with van der Waals surface area (Å²) in [6.07, 6.45) is 0. The highest BCUT2D eigenvalue weighted by Crippen LogP contribution is 2.20. The molecule has 2 rings (SSSR count). The maximum atomic E-state index is 12.4. The van der Waals surface area contributed by atoms with Crippen molar-refractivity contribution in [1.82, 2.24) is 4.31 Å². The Kier molecular flexibility index (Phi) is 5.31. The molecule has 0 unspecified atom stereocenters. The fourth-order valence-electron chi connectivity index (χ4n) is 1.99. The summed E-state index contributed by atoms with van der Waals surface area (Å²) in [6.45, 7) is 1.39. The molecule has 0 aromatic heterocycles. The Labute approximate surface area is 147 Å². The van der Waals surface area contributed by atoms with Crippen molar-refractivity contribution in [3.8, 4) is 0 Å². The van der Waals surface area contributed by atoms with E-state index < -0.39 is 20.0 Å². The Bertz CT molecular complexity index is 978. The fraction of sp³-hybridized carbons (Fsp3) is 0.188. The Morgan fingerprint density at radius 3 is 1.76 bits per heavy atom. The summed E-state index contributed by atoms with van der Waals surface area (Å²) >= 11 is 0. The number of carbonyl (C=O) groups excluding carboxylic acids is 1. The Morgan fingerprint density at radius 2 is 1.32 bits per heavy atom. The molecular formula is C16H18N2O5S2. The summed E-state index contributed by atoms with van der Waals surface area (Å²) in [4.78, 5) is 11.3. The number of nitrogens with one attached hydrogen (secondary N) is 1. The zero-order valence-electron chi connectivity index (χ0n) is 13.9. The number of nitrogens with zero attached hydrogens (tertiary/aromatic N) is 1. The number of hydrogen-bond acceptors (Lipinski definition) is 5. The van der Waals surface area contributed by atoms with E-state index in [1.54, 1.807) is 0 Å². The van der Waals surface area contributed by atoms with Crippen LogP contribution in [0.2, 0.25) is 0 Å². The van der Waals surface area contributed by atoms with Crippen molar-refractivity contribution in [3.05, 3.63) is 54.1 Å². The summed E-state index contributed by atoms with van der Waals surface area (Å²) in [5.41, 5.74) is 0.644. The number of anilines is 1. The van der Waals surface area contributed by atoms with Gasteiger partial charge in [0.05, 0.1) is 9.79 Å². The monoisotopic (exact) mass is 382 g/mol. The van der Waals surface area contributed by atoms with Crippen LogP contribution in [0.1, 0.15) is 17.3 Å². The van der Waals surface area contributed by atoms with Crippen molar-refractivity contribution in [2.45, 2.75) is 16.7 Å². The van der Waals surface area contributed by atoms with Crippen LogP contribution in [-0.4, -0.2) is 41.0 Å². The molecule has 0 spiro atoms. The number of rotatable bonds is 6. The predicted octanol–water partition coefficient (Wildman–Crippen LogP) is 1.94. The molecule has 0 amide bonds. The first kappa shape index (κ1) is 19.1. The summed E-state index contributed by atoms with van der Waals surface area (Å²) in [5, 5.41) is 0. The first-order chi connectivity index (χ1) is 11.5. The van der Waals surface area contributed by atoms with Gasteiger partial charge in [0.1, 0.15) is 0 Å². The largest absolute Gasteiger partial charge is 0.295 e. The molecule has 0 atom stereocenters. The van der Waals surface area contributed by atoms with Gasteiger partial charge in [0, 0.05) is 25.3 Å². The van der Waals surface area contributed by atoms with Gasteiger partial charge in [-0.15, -0.1) is 0 Å². The highest BCUT2D eigenvalue weighted by atomic mass is 32.2. The van der Waals surface area contributed by atoms with E-state index >= 15 is 0 Å². The molecule has 7 nitrogen and oxygen atoms in total. The second kappa shape index (κ2) is 6.95. The first-order valence-electron chi connectivity index (χ1n) is 7.20. The zero-order valence-corrected chi connectivity index (χ0v) is 15.6. The van der Waals surface area contributed by atoms with Gasteiger partial charge in [0.15, 0.2) is 5.78 Å². The molecule has 2 aromatic rings. The SMILES string of the molecule is CC(=O)c1ccc(S(=O)(=O)Nc2ccc(S(=O)(=O)N(C)C)cc2)cc1. The third kappa shape index (κ3) is 4.25. The molecule has 0 saturated heterocycles. The lowest BCUT2D eigenvalue weighted by Gasteiger charge is -2.12. The highest BCUT2D eigenvalue weighted by molar-refractivity contribution is 7.92. The van der Waals surface area contributed by atoms with Crippen molar-refractivity contribution in [3.63, 3.8) is 0 Å². The second-order valence-electron chi connectivity index (χ2n) is 5.50. The lowest BCUT2D eigenvalue weighted by molar-refractivity contribution is 0.101. The van der Waals surface area contributed by atoms with E-state index in [1.165, 1.54) is 69.6 Å². The standard InChI is InChI=1S/C16H18N2O5S2/c1-12(19)13-4-8-15(9-5-13)24(20,21)17-14-6-10-16(11-7-14)25(22,23)18(2)3/h4-11,17H,1-3H3. The van der Waals surface area contributed by atoms with E-state index in [-0.39, 0.29) is 21.3 Å². The average molecular weight is 382 g/mol. The van der Waals surface area contributed by atoms with Crippen LogP contribution in [0.4, 0.5) is 5.69 Å². The maximum Gasteiger partial charge on any atom is 0.261 e. The third-order valence-corrected chi connectivity index (χ3v) is 6.68. The van der Waals surface area contributed by atoms with Crippen molar-refractivity contribution in [2.24, 2.45) is 0 Å². The molecule has 134 valence electrons. The van der Waals surface area contributed by atoms with Crippen LogP contribution in [0.25, 0.3) is 0 Å². The lowest BCUT2D eigenvalue weighted by Crippen LogP contribution is -2.22. The highest BCUT2D eigenvalue weighted by Gasteiger charge is 2.18. The molecule has 0 fully saturated rings. The van der Waals surface area contributed by atoms with Gasteiger partial charge in [-0.05, 0) is 43.3 Å². The molecule has 0 aliphatic heterocycles. The summed E-state index contributed by atoms with van der Waals surface area (Å²) in [7, 11) is -4.59. The summed E-state index contributed by atoms with van der Waals surface area (Å²) in [5.74, 6) is -0.158. The summed E-state index contributed by atoms with van der Waals surface area (Å²) < 4.78 is 52.1. The van der Waals surface area contributed by atoms with E-state index in [0.29, 0.717) is 5.56 Å². The van der Waals surface area contributed by atoms with E-state index in [9.17, 15) is 21.6 Å². The lowest BCUT2D eigenvalue weighted by atomic mass is 10.2. The molecule has 0 saturated carbocycles. The number of hydrogen-bond donors (Lipinski definition) is 1. The van der Waals surface area contributed by atoms with Gasteiger partial charge in [0.25, 0.3) is 10.0 Å². The van der Waals surface area contributed by atoms with Crippen LogP contribution < -0.4 is 4.72 Å². The number of benzene rings is 2. The van der Waals surface area contributed by atoms with Gasteiger partial charge >= 0.3 is 0 Å². The zero-order chi connectivity index (χ0) is 18.8. The Balaban J connectivity index is 2.25. The number of sulfonamides is 2. The molecule has 0 radical (unpaired) electrons. The van der Waals surface area contributed by atoms with Gasteiger partial charge in [-0.3, -0.25) is 9.52 Å². The maximum absolute atomic E-state index is 12.4. The second-order valence-corrected chi connectivity index (χ2v) is 9.33. The Morgan fingerprint density at radius 1 is 0.840 bits per heavy atom. The predicted molar refractivity (Wildman–Crippen MR) is 94.6 cm³/mol. The Hall–Kier alpha value is -2.23. The fourth-order valence-corrected chi connectivity index (χ4v) is 3.95. The van der Waals surface area contributed by atoms with Gasteiger partial charge in [-0.2, -0.15) is 0 Å². The van der Waals surface area contributed by atoms with E-state index in [1.807, 2.05) is 0 Å². The normalized spacial score (nSPS) is 12.2. The van der Waals surface area contributed by atoms with Crippen molar-refractivity contribution < 1.29 is 21.6 Å². The topological polar surface area (TPSA) is 101 Å². The van der Waals surface area contributed by atoms with Crippen LogP contribution in [0.15, 0.2) is 58.3 Å². The molecule has 1 N–H and O–H groups in total. The molecule has 0 bridgehead atoms. The molecule has 0 heterocycles. The van der Waals surface area contributed by atoms with Crippen LogP contribution in [0, 0.1) is 0 Å². The minimum absolute atomic E-state index is 0.00231. The van der Waals surface area contributed by atoms with Crippen molar-refractivity contribution >= 4 is 31.5 Å². The van der Waals surface area contributed by atoms with Crippen LogP contribution in [0.3, 0.4) is 0 Å². The number of ketones is 1. The van der Waals surface area contributed by atoms with E-state index in [0.717, 1.165) is 4.31 Å². The van der Waals surface area contributed by atoms with Gasteiger partial charge in [-0.1, -0.05) is 12.1 Å². The molecule has 0 aliphatic rings. The summed E-state index contributed by atoms with van der Waals surface area (Å²) in [6, 6.07) is 10.9.